The third kappa shape index (κ3) is 4.39. The lowest BCUT2D eigenvalue weighted by Crippen LogP contribution is -2.48. The van der Waals surface area contributed by atoms with Crippen molar-refractivity contribution in [2.45, 2.75) is 26.0 Å². The quantitative estimate of drug-likeness (QED) is 0.676. The first-order valence-electron chi connectivity index (χ1n) is 10.5. The predicted molar refractivity (Wildman–Crippen MR) is 121 cm³/mol. The van der Waals surface area contributed by atoms with Crippen LogP contribution in [0.1, 0.15) is 31.0 Å². The second-order valence-corrected chi connectivity index (χ2v) is 7.83. The number of nitrogen functional groups attached to an aromatic ring is 1. The first-order valence-corrected chi connectivity index (χ1v) is 10.5. The van der Waals surface area contributed by atoms with Crippen LogP contribution >= 0.6 is 0 Å². The lowest BCUT2D eigenvalue weighted by molar-refractivity contribution is 0.211. The summed E-state index contributed by atoms with van der Waals surface area (Å²) in [6, 6.07) is 21.7. The van der Waals surface area contributed by atoms with E-state index in [0.29, 0.717) is 11.6 Å². The molecule has 1 fully saturated rings. The maximum Gasteiger partial charge on any atom is 0.242 e. The number of nitrogens with zero attached hydrogens (tertiary/aromatic N) is 4. The largest absolute Gasteiger partial charge is 0.473 e. The first-order chi connectivity index (χ1) is 14.6. The van der Waals surface area contributed by atoms with E-state index in [4.69, 9.17) is 10.5 Å². The van der Waals surface area contributed by atoms with Crippen molar-refractivity contribution in [3.8, 4) is 5.88 Å². The van der Waals surface area contributed by atoms with Gasteiger partial charge in [0.25, 0.3) is 0 Å². The summed E-state index contributed by atoms with van der Waals surface area (Å²) < 4.78 is 5.74. The Morgan fingerprint density at radius 2 is 1.40 bits per heavy atom. The molecule has 1 aromatic heterocycles. The van der Waals surface area contributed by atoms with Gasteiger partial charge in [0.05, 0.1) is 12.1 Å². The van der Waals surface area contributed by atoms with Crippen LogP contribution in [-0.4, -0.2) is 47.2 Å². The molecule has 0 bridgehead atoms. The van der Waals surface area contributed by atoms with Gasteiger partial charge in [-0.3, -0.25) is 4.90 Å². The van der Waals surface area contributed by atoms with Crippen LogP contribution in [0.5, 0.6) is 5.88 Å². The molecule has 2 aromatic carbocycles. The van der Waals surface area contributed by atoms with E-state index in [1.54, 1.807) is 0 Å². The molecular formula is C24H29N5O. The number of hydrogen-bond acceptors (Lipinski definition) is 6. The maximum atomic E-state index is 6.33. The van der Waals surface area contributed by atoms with Crippen LogP contribution in [0.15, 0.2) is 67.0 Å². The van der Waals surface area contributed by atoms with Crippen molar-refractivity contribution in [3.05, 3.63) is 78.1 Å². The zero-order chi connectivity index (χ0) is 20.9. The van der Waals surface area contributed by atoms with Gasteiger partial charge in [0.15, 0.2) is 5.82 Å². The van der Waals surface area contributed by atoms with Gasteiger partial charge in [-0.05, 0) is 25.0 Å². The predicted octanol–water partition coefficient (Wildman–Crippen LogP) is 3.76. The molecule has 3 aromatic rings. The van der Waals surface area contributed by atoms with E-state index in [1.807, 2.05) is 13.8 Å². The third-order valence-electron chi connectivity index (χ3n) is 5.38. The SMILES string of the molecule is CC(C)Oc1ncnc(N2CCN(C(c3ccccc3)c3ccccc3)CC2)c1N. The Kier molecular flexibility index (Phi) is 6.14. The minimum absolute atomic E-state index is 0.0180. The Bertz CT molecular complexity index is 901. The van der Waals surface area contributed by atoms with E-state index < -0.39 is 0 Å². The molecule has 156 valence electrons. The highest BCUT2D eigenvalue weighted by Gasteiger charge is 2.28. The highest BCUT2D eigenvalue weighted by Crippen LogP contribution is 2.32. The van der Waals surface area contributed by atoms with Gasteiger partial charge in [-0.1, -0.05) is 60.7 Å². The molecule has 2 N–H and O–H groups in total. The van der Waals surface area contributed by atoms with Gasteiger partial charge >= 0.3 is 0 Å². The summed E-state index contributed by atoms with van der Waals surface area (Å²) in [5, 5.41) is 0. The van der Waals surface area contributed by atoms with Crippen molar-refractivity contribution in [1.82, 2.24) is 14.9 Å². The Morgan fingerprint density at radius 1 is 0.833 bits per heavy atom. The van der Waals surface area contributed by atoms with Gasteiger partial charge in [0.1, 0.15) is 12.0 Å². The van der Waals surface area contributed by atoms with Crippen LogP contribution in [0.4, 0.5) is 11.5 Å². The van der Waals surface area contributed by atoms with E-state index >= 15 is 0 Å². The summed E-state index contributed by atoms with van der Waals surface area (Å²) in [5.41, 5.74) is 9.47. The molecule has 0 amide bonds. The fourth-order valence-corrected chi connectivity index (χ4v) is 4.02. The molecule has 1 aliphatic heterocycles. The van der Waals surface area contributed by atoms with E-state index in [1.165, 1.54) is 17.5 Å². The van der Waals surface area contributed by atoms with Gasteiger partial charge < -0.3 is 15.4 Å². The fraction of sp³-hybridized carbons (Fsp3) is 0.333. The van der Waals surface area contributed by atoms with Gasteiger partial charge in [-0.2, -0.15) is 4.98 Å². The zero-order valence-electron chi connectivity index (χ0n) is 17.6. The molecule has 0 spiro atoms. The molecular weight excluding hydrogens is 374 g/mol. The van der Waals surface area contributed by atoms with Crippen LogP contribution in [-0.2, 0) is 0 Å². The molecule has 6 heteroatoms. The van der Waals surface area contributed by atoms with Gasteiger partial charge in [-0.25, -0.2) is 4.98 Å². The van der Waals surface area contributed by atoms with Crippen molar-refractivity contribution in [2.24, 2.45) is 0 Å². The Labute approximate surface area is 178 Å². The van der Waals surface area contributed by atoms with Crippen LogP contribution in [0.2, 0.25) is 0 Å². The Morgan fingerprint density at radius 3 is 1.93 bits per heavy atom. The van der Waals surface area contributed by atoms with Crippen molar-refractivity contribution in [2.75, 3.05) is 36.8 Å². The number of anilines is 2. The van der Waals surface area contributed by atoms with Gasteiger partial charge in [0.2, 0.25) is 5.88 Å². The van der Waals surface area contributed by atoms with E-state index in [-0.39, 0.29) is 12.1 Å². The standard InChI is InChI=1S/C24H29N5O/c1-18(2)30-24-21(25)23(26-17-27-24)29-15-13-28(14-16-29)22(19-9-5-3-6-10-19)20-11-7-4-8-12-20/h3-12,17-18,22H,13-16,25H2,1-2H3. The lowest BCUT2D eigenvalue weighted by Gasteiger charge is -2.40. The number of aromatic nitrogens is 2. The van der Waals surface area contributed by atoms with E-state index in [2.05, 4.69) is 80.4 Å². The second-order valence-electron chi connectivity index (χ2n) is 7.83. The third-order valence-corrected chi connectivity index (χ3v) is 5.38. The summed E-state index contributed by atoms with van der Waals surface area (Å²) in [6.45, 7) is 7.45. The molecule has 1 saturated heterocycles. The average Bonchev–Trinajstić information content (AvgIpc) is 2.77. The van der Waals surface area contributed by atoms with Crippen LogP contribution in [0.3, 0.4) is 0 Å². The minimum atomic E-state index is 0.0180. The number of piperazine rings is 1. The van der Waals surface area contributed by atoms with Gasteiger partial charge in [0, 0.05) is 26.2 Å². The second kappa shape index (κ2) is 9.13. The monoisotopic (exact) mass is 403 g/mol. The summed E-state index contributed by atoms with van der Waals surface area (Å²) in [7, 11) is 0. The molecule has 6 nitrogen and oxygen atoms in total. The maximum absolute atomic E-state index is 6.33. The summed E-state index contributed by atoms with van der Waals surface area (Å²) >= 11 is 0. The van der Waals surface area contributed by atoms with Gasteiger partial charge in [-0.15, -0.1) is 0 Å². The molecule has 0 radical (unpaired) electrons. The Hall–Kier alpha value is -3.12. The van der Waals surface area contributed by atoms with E-state index in [9.17, 15) is 0 Å². The number of rotatable bonds is 6. The van der Waals surface area contributed by atoms with Crippen LogP contribution < -0.4 is 15.4 Å². The van der Waals surface area contributed by atoms with Crippen molar-refractivity contribution in [3.63, 3.8) is 0 Å². The average molecular weight is 404 g/mol. The molecule has 1 aliphatic rings. The number of nitrogens with two attached hydrogens (primary N) is 1. The molecule has 0 atom stereocenters. The van der Waals surface area contributed by atoms with E-state index in [0.717, 1.165) is 32.0 Å². The first kappa shape index (κ1) is 20.2. The molecule has 0 aliphatic carbocycles. The minimum Gasteiger partial charge on any atom is -0.473 e. The highest BCUT2D eigenvalue weighted by molar-refractivity contribution is 5.68. The molecule has 4 rings (SSSR count). The van der Waals surface area contributed by atoms with Crippen LogP contribution in [0.25, 0.3) is 0 Å². The smallest absolute Gasteiger partial charge is 0.242 e. The van der Waals surface area contributed by atoms with Crippen molar-refractivity contribution >= 4 is 11.5 Å². The topological polar surface area (TPSA) is 67.5 Å². The number of ether oxygens (including phenoxy) is 1. The summed E-state index contributed by atoms with van der Waals surface area (Å²) in [5.74, 6) is 1.22. The lowest BCUT2D eigenvalue weighted by atomic mass is 9.96. The molecule has 2 heterocycles. The molecule has 30 heavy (non-hydrogen) atoms. The van der Waals surface area contributed by atoms with Crippen molar-refractivity contribution < 1.29 is 4.74 Å². The number of hydrogen-bond donors (Lipinski definition) is 1. The molecule has 0 saturated carbocycles. The number of benzene rings is 2. The summed E-state index contributed by atoms with van der Waals surface area (Å²) in [6.07, 6.45) is 1.55. The normalized spacial score (nSPS) is 15.0. The van der Waals surface area contributed by atoms with Crippen LogP contribution in [0, 0.1) is 0 Å². The Balaban J connectivity index is 1.53. The summed E-state index contributed by atoms with van der Waals surface area (Å²) in [4.78, 5) is 13.4. The molecule has 0 unspecified atom stereocenters. The van der Waals surface area contributed by atoms with Crippen molar-refractivity contribution in [1.29, 1.82) is 0 Å². The zero-order valence-corrected chi connectivity index (χ0v) is 17.6. The fourth-order valence-electron chi connectivity index (χ4n) is 4.02. The highest BCUT2D eigenvalue weighted by atomic mass is 16.5.